The summed E-state index contributed by atoms with van der Waals surface area (Å²) in [4.78, 5) is 26.5. The molecule has 38 heavy (non-hydrogen) atoms. The van der Waals surface area contributed by atoms with Gasteiger partial charge in [-0.1, -0.05) is 55.2 Å². The molecule has 0 aromatic heterocycles. The van der Waals surface area contributed by atoms with Crippen molar-refractivity contribution in [3.05, 3.63) is 89.0 Å². The van der Waals surface area contributed by atoms with Crippen LogP contribution in [0.5, 0.6) is 0 Å². The molecule has 0 heterocycles. The molecule has 0 spiro atoms. The number of hydrogen-bond donors (Lipinski definition) is 2. The molecule has 1 aliphatic rings. The lowest BCUT2D eigenvalue weighted by Crippen LogP contribution is -2.39. The average molecular weight is 534 g/mol. The number of carbonyl (C=O) groups is 2. The van der Waals surface area contributed by atoms with Gasteiger partial charge in [0.25, 0.3) is 15.9 Å². The fourth-order valence-electron chi connectivity index (χ4n) is 4.87. The van der Waals surface area contributed by atoms with Crippen LogP contribution in [0, 0.1) is 20.8 Å². The van der Waals surface area contributed by atoms with Crippen molar-refractivity contribution in [1.82, 2.24) is 5.32 Å². The molecule has 1 saturated carbocycles. The molecule has 3 aromatic rings. The van der Waals surface area contributed by atoms with Crippen molar-refractivity contribution in [2.24, 2.45) is 0 Å². The quantitative estimate of drug-likeness (QED) is 0.399. The molecule has 0 radical (unpaired) electrons. The van der Waals surface area contributed by atoms with Crippen LogP contribution in [0.4, 0.5) is 11.4 Å². The number of carbonyl (C=O) groups excluding carboxylic acids is 2. The largest absolute Gasteiger partial charge is 0.349 e. The van der Waals surface area contributed by atoms with Gasteiger partial charge in [-0.25, -0.2) is 8.42 Å². The number of nitrogens with zero attached hydrogens (tertiary/aromatic N) is 1. The lowest BCUT2D eigenvalue weighted by Gasteiger charge is -2.25. The predicted molar refractivity (Wildman–Crippen MR) is 151 cm³/mol. The fourth-order valence-corrected chi connectivity index (χ4v) is 6.27. The van der Waals surface area contributed by atoms with E-state index >= 15 is 0 Å². The zero-order chi connectivity index (χ0) is 27.3. The summed E-state index contributed by atoms with van der Waals surface area (Å²) in [5.41, 5.74) is 3.80. The molecule has 8 heteroatoms. The van der Waals surface area contributed by atoms with Gasteiger partial charge in [0, 0.05) is 6.04 Å². The van der Waals surface area contributed by atoms with Gasteiger partial charge in [-0.05, 0) is 81.1 Å². The van der Waals surface area contributed by atoms with Crippen LogP contribution >= 0.6 is 0 Å². The van der Waals surface area contributed by atoms with E-state index in [1.54, 1.807) is 60.7 Å². The lowest BCUT2D eigenvalue weighted by molar-refractivity contribution is -0.114. The number of amides is 2. The van der Waals surface area contributed by atoms with Crippen LogP contribution in [0.15, 0.2) is 71.6 Å². The van der Waals surface area contributed by atoms with Crippen molar-refractivity contribution in [1.29, 1.82) is 0 Å². The summed E-state index contributed by atoms with van der Waals surface area (Å²) >= 11 is 0. The number of nitrogens with one attached hydrogen (secondary N) is 2. The maximum Gasteiger partial charge on any atom is 0.264 e. The monoisotopic (exact) mass is 533 g/mol. The molecule has 1 aliphatic carbocycles. The first-order valence-electron chi connectivity index (χ1n) is 13.0. The van der Waals surface area contributed by atoms with Crippen molar-refractivity contribution in [3.8, 4) is 0 Å². The molecule has 2 amide bonds. The lowest BCUT2D eigenvalue weighted by atomic mass is 9.95. The summed E-state index contributed by atoms with van der Waals surface area (Å²) in [7, 11) is -4.04. The highest BCUT2D eigenvalue weighted by atomic mass is 32.2. The molecule has 1 fully saturated rings. The van der Waals surface area contributed by atoms with Gasteiger partial charge >= 0.3 is 0 Å². The Morgan fingerprint density at radius 3 is 2.13 bits per heavy atom. The van der Waals surface area contributed by atoms with E-state index in [4.69, 9.17) is 0 Å². The van der Waals surface area contributed by atoms with Gasteiger partial charge in [0.1, 0.15) is 6.54 Å². The molecule has 7 nitrogen and oxygen atoms in total. The van der Waals surface area contributed by atoms with Crippen molar-refractivity contribution in [2.45, 2.75) is 63.8 Å². The number of para-hydroxylation sites is 1. The maximum atomic E-state index is 13.7. The van der Waals surface area contributed by atoms with Gasteiger partial charge in [-0.15, -0.1) is 0 Å². The van der Waals surface area contributed by atoms with Gasteiger partial charge in [-0.2, -0.15) is 0 Å². The Morgan fingerprint density at radius 2 is 1.47 bits per heavy atom. The van der Waals surface area contributed by atoms with E-state index in [2.05, 4.69) is 10.6 Å². The van der Waals surface area contributed by atoms with Gasteiger partial charge in [0.05, 0.1) is 21.8 Å². The normalized spacial score (nSPS) is 14.1. The van der Waals surface area contributed by atoms with Gasteiger partial charge < -0.3 is 10.6 Å². The third kappa shape index (κ3) is 6.61. The Hall–Kier alpha value is -3.65. The highest BCUT2D eigenvalue weighted by molar-refractivity contribution is 7.92. The highest BCUT2D eigenvalue weighted by Crippen LogP contribution is 2.27. The SMILES string of the molecule is Cc1ccc(S(=O)(=O)N(CC(=O)Nc2ccccc2C(=O)NC2CCCCC2)c2cc(C)cc(C)c2)cc1. The second-order valence-corrected chi connectivity index (χ2v) is 11.9. The molecule has 4 rings (SSSR count). The molecule has 0 atom stereocenters. The van der Waals surface area contributed by atoms with E-state index in [1.807, 2.05) is 26.8 Å². The third-order valence-electron chi connectivity index (χ3n) is 6.78. The molecule has 3 aromatic carbocycles. The molecule has 2 N–H and O–H groups in total. The number of rotatable bonds is 8. The van der Waals surface area contributed by atoms with E-state index in [-0.39, 0.29) is 16.8 Å². The summed E-state index contributed by atoms with van der Waals surface area (Å²) in [6, 6.07) is 18.9. The van der Waals surface area contributed by atoms with E-state index in [9.17, 15) is 18.0 Å². The zero-order valence-electron chi connectivity index (χ0n) is 22.2. The van der Waals surface area contributed by atoms with Crippen LogP contribution in [-0.2, 0) is 14.8 Å². The third-order valence-corrected chi connectivity index (χ3v) is 8.56. The minimum atomic E-state index is -4.04. The minimum Gasteiger partial charge on any atom is -0.349 e. The van der Waals surface area contributed by atoms with Crippen LogP contribution in [0.1, 0.15) is 59.2 Å². The van der Waals surface area contributed by atoms with Crippen molar-refractivity contribution < 1.29 is 18.0 Å². The Balaban J connectivity index is 1.60. The van der Waals surface area contributed by atoms with Crippen molar-refractivity contribution >= 4 is 33.2 Å². The summed E-state index contributed by atoms with van der Waals surface area (Å²) in [5.74, 6) is -0.788. The number of anilines is 2. The van der Waals surface area contributed by atoms with Crippen molar-refractivity contribution in [3.63, 3.8) is 0 Å². The standard InChI is InChI=1S/C30H35N3O4S/c1-21-13-15-26(16-14-21)38(36,37)33(25-18-22(2)17-23(3)19-25)20-29(34)32-28-12-8-7-11-27(28)30(35)31-24-9-5-4-6-10-24/h7-8,11-19,24H,4-6,9-10,20H2,1-3H3,(H,31,35)(H,32,34). The average Bonchev–Trinajstić information content (AvgIpc) is 2.88. The topological polar surface area (TPSA) is 95.6 Å². The summed E-state index contributed by atoms with van der Waals surface area (Å²) in [5, 5.41) is 5.87. The smallest absolute Gasteiger partial charge is 0.264 e. The first-order valence-corrected chi connectivity index (χ1v) is 14.4. The Morgan fingerprint density at radius 1 is 0.842 bits per heavy atom. The maximum absolute atomic E-state index is 13.7. The molecular weight excluding hydrogens is 498 g/mol. The first kappa shape index (κ1) is 27.4. The molecule has 200 valence electrons. The Labute approximate surface area is 225 Å². The summed E-state index contributed by atoms with van der Waals surface area (Å²) in [6.07, 6.45) is 5.26. The van der Waals surface area contributed by atoms with Crippen molar-refractivity contribution in [2.75, 3.05) is 16.2 Å². The Kier molecular flexibility index (Phi) is 8.52. The predicted octanol–water partition coefficient (Wildman–Crippen LogP) is 5.51. The fraction of sp³-hybridized carbons (Fsp3) is 0.333. The van der Waals surface area contributed by atoms with Crippen LogP contribution in [-0.4, -0.2) is 32.8 Å². The molecule has 0 aliphatic heterocycles. The van der Waals surface area contributed by atoms with Gasteiger partial charge in [0.2, 0.25) is 5.91 Å². The van der Waals surface area contributed by atoms with Crippen LogP contribution in [0.25, 0.3) is 0 Å². The van der Waals surface area contributed by atoms with Gasteiger partial charge in [-0.3, -0.25) is 13.9 Å². The van der Waals surface area contributed by atoms with E-state index in [0.717, 1.165) is 46.7 Å². The van der Waals surface area contributed by atoms with Gasteiger partial charge in [0.15, 0.2) is 0 Å². The second kappa shape index (κ2) is 11.8. The van der Waals surface area contributed by atoms with Crippen LogP contribution in [0.3, 0.4) is 0 Å². The molecule has 0 saturated heterocycles. The first-order chi connectivity index (χ1) is 18.1. The van der Waals surface area contributed by atoms with E-state index in [0.29, 0.717) is 16.9 Å². The molecule has 0 unspecified atom stereocenters. The second-order valence-electron chi connectivity index (χ2n) is 10.1. The van der Waals surface area contributed by atoms with Crippen LogP contribution < -0.4 is 14.9 Å². The Bertz CT molecular complexity index is 1390. The minimum absolute atomic E-state index is 0.0994. The van der Waals surface area contributed by atoms with E-state index < -0.39 is 22.5 Å². The van der Waals surface area contributed by atoms with Crippen LogP contribution in [0.2, 0.25) is 0 Å². The van der Waals surface area contributed by atoms with E-state index in [1.165, 1.54) is 6.42 Å². The summed E-state index contributed by atoms with van der Waals surface area (Å²) in [6.45, 7) is 5.20. The zero-order valence-corrected chi connectivity index (χ0v) is 23.0. The number of aryl methyl sites for hydroxylation is 3. The number of benzene rings is 3. The summed E-state index contributed by atoms with van der Waals surface area (Å²) < 4.78 is 28.6. The number of sulfonamides is 1. The molecular formula is C30H35N3O4S. The molecule has 0 bridgehead atoms. The highest BCUT2D eigenvalue weighted by Gasteiger charge is 2.28. The number of hydrogen-bond acceptors (Lipinski definition) is 4.